The average molecular weight is 339 g/mol. The number of hydrogen-bond donors (Lipinski definition) is 5. The van der Waals surface area contributed by atoms with Gasteiger partial charge in [0.2, 0.25) is 0 Å². The molecule has 0 saturated carbocycles. The number of nitrogen functional groups attached to an aromatic ring is 1. The number of rotatable bonds is 7. The molecule has 0 amide bonds. The fourth-order valence-corrected chi connectivity index (χ4v) is 2.96. The van der Waals surface area contributed by atoms with Gasteiger partial charge in [-0.15, -0.1) is 0 Å². The number of anilines is 1. The van der Waals surface area contributed by atoms with Crippen LogP contribution >= 0.6 is 0 Å². The number of imidazole rings is 1. The zero-order valence-corrected chi connectivity index (χ0v) is 13.6. The van der Waals surface area contributed by atoms with Crippen molar-refractivity contribution in [1.82, 2.24) is 19.5 Å². The van der Waals surface area contributed by atoms with Crippen LogP contribution in [0.2, 0.25) is 0 Å². The van der Waals surface area contributed by atoms with Crippen molar-refractivity contribution in [2.75, 3.05) is 32.4 Å². The molecule has 10 nitrogen and oxygen atoms in total. The third-order valence-electron chi connectivity index (χ3n) is 4.30. The molecule has 0 radical (unpaired) electrons. The number of aromatic nitrogens is 4. The Labute approximate surface area is 139 Å². The minimum Gasteiger partial charge on any atom is -0.387 e. The highest BCUT2D eigenvalue weighted by atomic mass is 16.6. The Balaban J connectivity index is 1.69. The predicted octanol–water partition coefficient (Wildman–Crippen LogP) is -3.83. The van der Waals surface area contributed by atoms with Crippen LogP contribution in [-0.4, -0.2) is 74.7 Å². The van der Waals surface area contributed by atoms with E-state index in [1.54, 1.807) is 4.57 Å². The lowest BCUT2D eigenvalue weighted by molar-refractivity contribution is -0.675. The number of hydrogen-bond acceptors (Lipinski definition) is 7. The first-order valence-corrected chi connectivity index (χ1v) is 8.17. The van der Waals surface area contributed by atoms with E-state index in [0.717, 1.165) is 19.5 Å². The molecule has 0 aliphatic carbocycles. The van der Waals surface area contributed by atoms with Gasteiger partial charge in [-0.2, -0.15) is 0 Å². The van der Waals surface area contributed by atoms with Gasteiger partial charge in [0.15, 0.2) is 17.7 Å². The van der Waals surface area contributed by atoms with Crippen LogP contribution < -0.4 is 16.4 Å². The van der Waals surface area contributed by atoms with Gasteiger partial charge in [0.25, 0.3) is 0 Å². The van der Waals surface area contributed by atoms with Crippen molar-refractivity contribution in [2.45, 2.75) is 31.0 Å². The Bertz CT molecular complexity index is 679. The van der Waals surface area contributed by atoms with Crippen LogP contribution in [0, 0.1) is 0 Å². The molecule has 3 rings (SSSR count). The Morgan fingerprint density at radius 2 is 2.08 bits per heavy atom. The van der Waals surface area contributed by atoms with E-state index in [1.807, 2.05) is 7.05 Å². The van der Waals surface area contributed by atoms with Gasteiger partial charge >= 0.3 is 0 Å². The van der Waals surface area contributed by atoms with Crippen LogP contribution in [0.1, 0.15) is 12.6 Å². The fourth-order valence-electron chi connectivity index (χ4n) is 2.96. The first-order chi connectivity index (χ1) is 11.6. The summed E-state index contributed by atoms with van der Waals surface area (Å²) < 4.78 is 7.46. The summed E-state index contributed by atoms with van der Waals surface area (Å²) in [4.78, 5) is 12.2. The van der Waals surface area contributed by atoms with Crippen molar-refractivity contribution in [3.8, 4) is 0 Å². The maximum absolute atomic E-state index is 10.4. The van der Waals surface area contributed by atoms with Crippen LogP contribution in [0.15, 0.2) is 12.7 Å². The topological polar surface area (TPSA) is 153 Å². The van der Waals surface area contributed by atoms with Crippen LogP contribution in [0.4, 0.5) is 5.82 Å². The molecule has 0 bridgehead atoms. The zero-order valence-electron chi connectivity index (χ0n) is 13.6. The van der Waals surface area contributed by atoms with Gasteiger partial charge in [-0.3, -0.25) is 4.57 Å². The zero-order chi connectivity index (χ0) is 17.1. The van der Waals surface area contributed by atoms with Crippen molar-refractivity contribution in [3.63, 3.8) is 0 Å². The molecular weight excluding hydrogens is 314 g/mol. The molecule has 8 N–H and O–H groups in total. The highest BCUT2D eigenvalue weighted by Gasteiger charge is 2.45. The van der Waals surface area contributed by atoms with E-state index in [2.05, 4.69) is 25.6 Å². The van der Waals surface area contributed by atoms with Crippen LogP contribution in [-0.2, 0) is 4.74 Å². The maximum Gasteiger partial charge on any atom is 0.167 e. The summed E-state index contributed by atoms with van der Waals surface area (Å²) in [5.41, 5.74) is 6.70. The Kier molecular flexibility index (Phi) is 5.21. The summed E-state index contributed by atoms with van der Waals surface area (Å²) in [5, 5.41) is 24.8. The van der Waals surface area contributed by atoms with Crippen molar-refractivity contribution in [1.29, 1.82) is 0 Å². The van der Waals surface area contributed by atoms with E-state index >= 15 is 0 Å². The number of nitrogens with zero attached hydrogens (tertiary/aromatic N) is 4. The molecule has 1 aliphatic heterocycles. The second-order valence-corrected chi connectivity index (χ2v) is 5.99. The smallest absolute Gasteiger partial charge is 0.167 e. The van der Waals surface area contributed by atoms with Crippen LogP contribution in [0.3, 0.4) is 0 Å². The third kappa shape index (κ3) is 3.19. The van der Waals surface area contributed by atoms with Gasteiger partial charge < -0.3 is 31.3 Å². The first kappa shape index (κ1) is 17.0. The van der Waals surface area contributed by atoms with Crippen LogP contribution in [0.5, 0.6) is 0 Å². The molecule has 132 valence electrons. The van der Waals surface area contributed by atoms with E-state index < -0.39 is 24.5 Å². The fraction of sp³-hybridized carbons (Fsp3) is 0.643. The van der Waals surface area contributed by atoms with E-state index in [1.165, 1.54) is 12.7 Å². The van der Waals surface area contributed by atoms with Crippen molar-refractivity contribution in [2.24, 2.45) is 0 Å². The monoisotopic (exact) mass is 339 g/mol. The van der Waals surface area contributed by atoms with E-state index in [-0.39, 0.29) is 5.82 Å². The largest absolute Gasteiger partial charge is 0.387 e. The lowest BCUT2D eigenvalue weighted by Crippen LogP contribution is -2.88. The minimum absolute atomic E-state index is 0.268. The van der Waals surface area contributed by atoms with Gasteiger partial charge in [0.1, 0.15) is 36.7 Å². The number of fused-ring (bicyclic) bond motifs is 1. The summed E-state index contributed by atoms with van der Waals surface area (Å²) in [6.45, 7) is 2.61. The number of aliphatic hydroxyl groups excluding tert-OH is 2. The van der Waals surface area contributed by atoms with Crippen molar-refractivity contribution in [3.05, 3.63) is 12.7 Å². The first-order valence-electron chi connectivity index (χ1n) is 8.17. The Morgan fingerprint density at radius 3 is 2.88 bits per heavy atom. The standard InChI is InChI=1S/C14H23N7O3/c1-16-3-2-4-17-5-8-10(22)11(23)14(24-8)21-7-20-9-12(15)18-6-19-13(9)21/h6-8,10-11,14,16-17,22-23H,2-5H2,1H3,(H2,15,18,19)/p+2/t8-,10-,11-,14-/m1/s1. The molecule has 10 heteroatoms. The second kappa shape index (κ2) is 7.36. The summed E-state index contributed by atoms with van der Waals surface area (Å²) in [7, 11) is 2.04. The predicted molar refractivity (Wildman–Crippen MR) is 84.7 cm³/mol. The highest BCUT2D eigenvalue weighted by Crippen LogP contribution is 2.31. The number of aliphatic hydroxyl groups is 2. The second-order valence-electron chi connectivity index (χ2n) is 5.99. The van der Waals surface area contributed by atoms with Gasteiger partial charge in [-0.25, -0.2) is 15.0 Å². The van der Waals surface area contributed by atoms with Gasteiger partial charge in [0.05, 0.1) is 26.5 Å². The van der Waals surface area contributed by atoms with Crippen molar-refractivity contribution >= 4 is 17.0 Å². The molecule has 0 spiro atoms. The molecule has 1 saturated heterocycles. The molecule has 0 unspecified atom stereocenters. The van der Waals surface area contributed by atoms with Gasteiger partial charge in [0, 0.05) is 6.42 Å². The van der Waals surface area contributed by atoms with Crippen LogP contribution in [0.25, 0.3) is 11.2 Å². The van der Waals surface area contributed by atoms with E-state index in [4.69, 9.17) is 10.5 Å². The summed E-state index contributed by atoms with van der Waals surface area (Å²) in [6.07, 6.45) is 0.701. The maximum atomic E-state index is 10.4. The quantitative estimate of drug-likeness (QED) is 0.324. The van der Waals surface area contributed by atoms with Crippen molar-refractivity contribution < 1.29 is 25.6 Å². The molecule has 1 fully saturated rings. The normalized spacial score (nSPS) is 27.1. The lowest BCUT2D eigenvalue weighted by atomic mass is 10.1. The Morgan fingerprint density at radius 1 is 1.25 bits per heavy atom. The minimum atomic E-state index is -1.05. The molecule has 3 heterocycles. The molecule has 2 aromatic heterocycles. The Hall–Kier alpha value is -1.85. The molecule has 0 aromatic carbocycles. The number of nitrogens with two attached hydrogens (primary N) is 3. The SMILES string of the molecule is C[NH2+]CCC[NH2+]C[C@H]1O[C@@H](n2cnc3c(N)ncnc32)[C@H](O)[C@@H]1O. The summed E-state index contributed by atoms with van der Waals surface area (Å²) >= 11 is 0. The average Bonchev–Trinajstić information content (AvgIpc) is 3.12. The third-order valence-corrected chi connectivity index (χ3v) is 4.30. The number of ether oxygens (including phenoxy) is 1. The van der Waals surface area contributed by atoms with E-state index in [9.17, 15) is 10.2 Å². The van der Waals surface area contributed by atoms with Gasteiger partial charge in [-0.05, 0) is 0 Å². The lowest BCUT2D eigenvalue weighted by Gasteiger charge is -2.16. The molecule has 4 atom stereocenters. The summed E-state index contributed by atoms with van der Waals surface area (Å²) in [5.74, 6) is 0.268. The van der Waals surface area contributed by atoms with E-state index in [0.29, 0.717) is 17.7 Å². The van der Waals surface area contributed by atoms with Gasteiger partial charge in [-0.1, -0.05) is 0 Å². The highest BCUT2D eigenvalue weighted by molar-refractivity contribution is 5.81. The number of quaternary nitrogens is 2. The molecular formula is C14H25N7O3+2. The summed E-state index contributed by atoms with van der Waals surface area (Å²) in [6, 6.07) is 0. The molecule has 24 heavy (non-hydrogen) atoms. The molecule has 2 aromatic rings. The molecule has 1 aliphatic rings.